The lowest BCUT2D eigenvalue weighted by Crippen LogP contribution is -2.55. The van der Waals surface area contributed by atoms with Crippen LogP contribution < -0.4 is 5.32 Å². The van der Waals surface area contributed by atoms with Crippen LogP contribution >= 0.6 is 0 Å². The van der Waals surface area contributed by atoms with Gasteiger partial charge in [0.15, 0.2) is 0 Å². The molecule has 0 bridgehead atoms. The Morgan fingerprint density at radius 3 is 2.73 bits per heavy atom. The van der Waals surface area contributed by atoms with Gasteiger partial charge in [0.1, 0.15) is 11.9 Å². The summed E-state index contributed by atoms with van der Waals surface area (Å²) in [5.41, 5.74) is 0.586. The molecule has 2 heterocycles. The van der Waals surface area contributed by atoms with Crippen LogP contribution in [0.25, 0.3) is 0 Å². The second-order valence-electron chi connectivity index (χ2n) is 6.79. The molecule has 2 atom stereocenters. The maximum absolute atomic E-state index is 12.3. The molecule has 0 aromatic carbocycles. The standard InChI is InChI=1S/C16H26N4O2/c1-12-14(19-10-13-8-17-11-18-9-13)6-5-7-20(12)15(21)22-16(2,3)4/h8-9,11-12,14,19H,5-7,10H2,1-4H3. The van der Waals surface area contributed by atoms with Gasteiger partial charge in [-0.25, -0.2) is 14.8 Å². The quantitative estimate of drug-likeness (QED) is 0.928. The smallest absolute Gasteiger partial charge is 0.410 e. The number of likely N-dealkylation sites (tertiary alicyclic amines) is 1. The number of nitrogens with zero attached hydrogens (tertiary/aromatic N) is 3. The van der Waals surface area contributed by atoms with Crippen LogP contribution in [0.1, 0.15) is 46.1 Å². The molecule has 0 saturated carbocycles. The van der Waals surface area contributed by atoms with E-state index in [4.69, 9.17) is 4.74 Å². The fourth-order valence-electron chi connectivity index (χ4n) is 2.66. The minimum Gasteiger partial charge on any atom is -0.444 e. The highest BCUT2D eigenvalue weighted by molar-refractivity contribution is 5.68. The Hall–Kier alpha value is -1.69. The number of nitrogens with one attached hydrogen (secondary N) is 1. The third-order valence-electron chi connectivity index (χ3n) is 3.80. The van der Waals surface area contributed by atoms with Crippen molar-refractivity contribution in [3.05, 3.63) is 24.3 Å². The third-order valence-corrected chi connectivity index (χ3v) is 3.80. The minimum atomic E-state index is -0.460. The lowest BCUT2D eigenvalue weighted by Gasteiger charge is -2.40. The zero-order valence-electron chi connectivity index (χ0n) is 13.9. The number of aromatic nitrogens is 2. The first kappa shape index (κ1) is 16.7. The summed E-state index contributed by atoms with van der Waals surface area (Å²) in [6, 6.07) is 0.356. The van der Waals surface area contributed by atoms with E-state index in [0.29, 0.717) is 6.54 Å². The van der Waals surface area contributed by atoms with E-state index in [9.17, 15) is 4.79 Å². The van der Waals surface area contributed by atoms with Gasteiger partial charge in [0.25, 0.3) is 0 Å². The van der Waals surface area contributed by atoms with Crippen LogP contribution in [0.3, 0.4) is 0 Å². The van der Waals surface area contributed by atoms with Crippen LogP contribution in [0.2, 0.25) is 0 Å². The fourth-order valence-corrected chi connectivity index (χ4v) is 2.66. The summed E-state index contributed by atoms with van der Waals surface area (Å²) in [5.74, 6) is 0. The summed E-state index contributed by atoms with van der Waals surface area (Å²) in [7, 11) is 0. The van der Waals surface area contributed by atoms with Gasteiger partial charge in [-0.05, 0) is 40.5 Å². The molecular formula is C16H26N4O2. The van der Waals surface area contributed by atoms with Crippen molar-refractivity contribution in [1.82, 2.24) is 20.2 Å². The molecule has 1 amide bonds. The van der Waals surface area contributed by atoms with Crippen molar-refractivity contribution in [3.8, 4) is 0 Å². The molecule has 1 saturated heterocycles. The lowest BCUT2D eigenvalue weighted by atomic mass is 9.97. The predicted molar refractivity (Wildman–Crippen MR) is 84.3 cm³/mol. The topological polar surface area (TPSA) is 67.4 Å². The number of amides is 1. The first-order valence-electron chi connectivity index (χ1n) is 7.84. The van der Waals surface area contributed by atoms with Gasteiger partial charge in [-0.2, -0.15) is 0 Å². The molecule has 0 spiro atoms. The minimum absolute atomic E-state index is 0.105. The summed E-state index contributed by atoms with van der Waals surface area (Å²) in [6.45, 7) is 9.21. The highest BCUT2D eigenvalue weighted by atomic mass is 16.6. The number of carbonyl (C=O) groups excluding carboxylic acids is 1. The molecule has 1 aliphatic rings. The van der Waals surface area contributed by atoms with Crippen LogP contribution in [0.15, 0.2) is 18.7 Å². The molecule has 1 fully saturated rings. The molecule has 22 heavy (non-hydrogen) atoms. The first-order chi connectivity index (χ1) is 10.4. The largest absolute Gasteiger partial charge is 0.444 e. The monoisotopic (exact) mass is 306 g/mol. The average Bonchev–Trinajstić information content (AvgIpc) is 2.45. The number of rotatable bonds is 3. The van der Waals surface area contributed by atoms with E-state index in [1.54, 1.807) is 12.4 Å². The molecule has 6 heteroatoms. The van der Waals surface area contributed by atoms with Gasteiger partial charge in [0.05, 0.1) is 0 Å². The van der Waals surface area contributed by atoms with Crippen LogP contribution in [-0.2, 0) is 11.3 Å². The van der Waals surface area contributed by atoms with E-state index in [1.165, 1.54) is 6.33 Å². The van der Waals surface area contributed by atoms with Gasteiger partial charge >= 0.3 is 6.09 Å². The van der Waals surface area contributed by atoms with Crippen molar-refractivity contribution in [3.63, 3.8) is 0 Å². The average molecular weight is 306 g/mol. The molecule has 1 aromatic rings. The zero-order chi connectivity index (χ0) is 16.2. The predicted octanol–water partition coefficient (Wildman–Crippen LogP) is 2.35. The second kappa shape index (κ2) is 7.05. The van der Waals surface area contributed by atoms with Crippen molar-refractivity contribution in [2.24, 2.45) is 0 Å². The number of piperidine rings is 1. The van der Waals surface area contributed by atoms with Gasteiger partial charge in [-0.1, -0.05) is 0 Å². The summed E-state index contributed by atoms with van der Waals surface area (Å²) >= 11 is 0. The Labute approximate surface area is 132 Å². The van der Waals surface area contributed by atoms with Crippen molar-refractivity contribution in [2.75, 3.05) is 6.54 Å². The van der Waals surface area contributed by atoms with Crippen molar-refractivity contribution >= 4 is 6.09 Å². The number of hydrogen-bond acceptors (Lipinski definition) is 5. The second-order valence-corrected chi connectivity index (χ2v) is 6.79. The zero-order valence-corrected chi connectivity index (χ0v) is 13.9. The molecule has 2 unspecified atom stereocenters. The molecule has 1 aliphatic heterocycles. The number of carbonyl (C=O) groups is 1. The molecule has 6 nitrogen and oxygen atoms in total. The highest BCUT2D eigenvalue weighted by Crippen LogP contribution is 2.21. The van der Waals surface area contributed by atoms with Gasteiger partial charge in [-0.3, -0.25) is 0 Å². The molecule has 1 aromatic heterocycles. The Morgan fingerprint density at radius 2 is 2.09 bits per heavy atom. The molecule has 1 N–H and O–H groups in total. The Morgan fingerprint density at radius 1 is 1.41 bits per heavy atom. The van der Waals surface area contributed by atoms with E-state index in [-0.39, 0.29) is 18.2 Å². The summed E-state index contributed by atoms with van der Waals surface area (Å²) in [4.78, 5) is 22.2. The van der Waals surface area contributed by atoms with E-state index in [1.807, 2.05) is 25.7 Å². The summed E-state index contributed by atoms with van der Waals surface area (Å²) in [5, 5.41) is 3.51. The number of ether oxygens (including phenoxy) is 1. The van der Waals surface area contributed by atoms with Gasteiger partial charge in [0, 0.05) is 43.1 Å². The molecule has 2 rings (SSSR count). The molecule has 122 valence electrons. The summed E-state index contributed by atoms with van der Waals surface area (Å²) < 4.78 is 5.50. The molecule has 0 radical (unpaired) electrons. The third kappa shape index (κ3) is 4.66. The SMILES string of the molecule is CC1C(NCc2cncnc2)CCCN1C(=O)OC(C)(C)C. The van der Waals surface area contributed by atoms with Crippen LogP contribution in [0.4, 0.5) is 4.79 Å². The van der Waals surface area contributed by atoms with Crippen LogP contribution in [-0.4, -0.2) is 45.2 Å². The van der Waals surface area contributed by atoms with Gasteiger partial charge < -0.3 is 15.0 Å². The van der Waals surface area contributed by atoms with Crippen molar-refractivity contribution in [2.45, 2.75) is 64.8 Å². The Balaban J connectivity index is 1.92. The maximum atomic E-state index is 12.3. The Kier molecular flexibility index (Phi) is 5.34. The number of hydrogen-bond donors (Lipinski definition) is 1. The molecule has 0 aliphatic carbocycles. The normalized spacial score (nSPS) is 22.5. The summed E-state index contributed by atoms with van der Waals surface area (Å²) in [6.07, 6.45) is 6.94. The molecular weight excluding hydrogens is 280 g/mol. The fraction of sp³-hybridized carbons (Fsp3) is 0.688. The van der Waals surface area contributed by atoms with E-state index >= 15 is 0 Å². The maximum Gasteiger partial charge on any atom is 0.410 e. The van der Waals surface area contributed by atoms with Crippen molar-refractivity contribution < 1.29 is 9.53 Å². The highest BCUT2D eigenvalue weighted by Gasteiger charge is 2.33. The van der Waals surface area contributed by atoms with Crippen LogP contribution in [0.5, 0.6) is 0 Å². The lowest BCUT2D eigenvalue weighted by molar-refractivity contribution is 0.00698. The Bertz CT molecular complexity index is 487. The van der Waals surface area contributed by atoms with Crippen LogP contribution in [0, 0.1) is 0 Å². The van der Waals surface area contributed by atoms with Gasteiger partial charge in [-0.15, -0.1) is 0 Å². The van der Waals surface area contributed by atoms with E-state index in [2.05, 4.69) is 22.2 Å². The van der Waals surface area contributed by atoms with Gasteiger partial charge in [0.2, 0.25) is 0 Å². The van der Waals surface area contributed by atoms with E-state index in [0.717, 1.165) is 24.9 Å². The first-order valence-corrected chi connectivity index (χ1v) is 7.84. The van der Waals surface area contributed by atoms with Crippen molar-refractivity contribution in [1.29, 1.82) is 0 Å². The van der Waals surface area contributed by atoms with E-state index < -0.39 is 5.60 Å².